The van der Waals surface area contributed by atoms with Gasteiger partial charge in [-0.1, -0.05) is 35.3 Å². The van der Waals surface area contributed by atoms with Crippen LogP contribution in [-0.2, 0) is 11.3 Å². The maximum atomic E-state index is 13.1. The Labute approximate surface area is 131 Å². The molecule has 0 amide bonds. The molecule has 0 unspecified atom stereocenters. The van der Waals surface area contributed by atoms with Gasteiger partial charge in [0.1, 0.15) is 12.4 Å². The lowest BCUT2D eigenvalue weighted by Gasteiger charge is -2.11. The van der Waals surface area contributed by atoms with Crippen molar-refractivity contribution in [3.8, 4) is 5.75 Å². The van der Waals surface area contributed by atoms with E-state index in [9.17, 15) is 9.18 Å². The van der Waals surface area contributed by atoms with Gasteiger partial charge in [0.25, 0.3) is 0 Å². The van der Waals surface area contributed by atoms with Crippen molar-refractivity contribution in [1.82, 2.24) is 0 Å². The van der Waals surface area contributed by atoms with Gasteiger partial charge in [-0.25, -0.2) is 9.18 Å². The first-order chi connectivity index (χ1) is 10.0. The zero-order valence-electron chi connectivity index (χ0n) is 11.0. The van der Waals surface area contributed by atoms with E-state index in [2.05, 4.69) is 4.74 Å². The number of hydrogen-bond donors (Lipinski definition) is 0. The number of halogens is 3. The largest absolute Gasteiger partial charge is 0.486 e. The molecule has 0 heterocycles. The third kappa shape index (κ3) is 3.86. The highest BCUT2D eigenvalue weighted by Crippen LogP contribution is 2.35. The lowest BCUT2D eigenvalue weighted by Crippen LogP contribution is -2.03. The number of carbonyl (C=O) groups is 1. The van der Waals surface area contributed by atoms with E-state index >= 15 is 0 Å². The van der Waals surface area contributed by atoms with Crippen molar-refractivity contribution in [3.63, 3.8) is 0 Å². The van der Waals surface area contributed by atoms with Crippen molar-refractivity contribution in [2.24, 2.45) is 0 Å². The first-order valence-corrected chi connectivity index (χ1v) is 6.71. The Hall–Kier alpha value is -1.78. The molecule has 2 rings (SSSR count). The molecule has 0 aliphatic heterocycles. The monoisotopic (exact) mass is 328 g/mol. The molecule has 0 saturated heterocycles. The molecule has 2 aromatic rings. The number of benzene rings is 2. The van der Waals surface area contributed by atoms with E-state index in [0.29, 0.717) is 5.56 Å². The fourth-order valence-electron chi connectivity index (χ4n) is 1.72. The van der Waals surface area contributed by atoms with Crippen LogP contribution in [0.3, 0.4) is 0 Å². The topological polar surface area (TPSA) is 35.5 Å². The lowest BCUT2D eigenvalue weighted by atomic mass is 10.2. The minimum absolute atomic E-state index is 0.106. The van der Waals surface area contributed by atoms with Gasteiger partial charge in [0.15, 0.2) is 5.75 Å². The Morgan fingerprint density at radius 1 is 1.19 bits per heavy atom. The van der Waals surface area contributed by atoms with E-state index in [0.717, 1.165) is 0 Å². The number of esters is 1. The van der Waals surface area contributed by atoms with Crippen LogP contribution in [0.25, 0.3) is 0 Å². The Morgan fingerprint density at radius 3 is 2.43 bits per heavy atom. The van der Waals surface area contributed by atoms with Crippen LogP contribution >= 0.6 is 23.2 Å². The zero-order chi connectivity index (χ0) is 15.4. The van der Waals surface area contributed by atoms with Crippen LogP contribution < -0.4 is 4.74 Å². The van der Waals surface area contributed by atoms with Crippen molar-refractivity contribution in [1.29, 1.82) is 0 Å². The standard InChI is InChI=1S/C15H11Cl2FO3/c1-20-15(19)10-6-12(16)14(13(17)7-10)21-8-9-3-2-4-11(18)5-9/h2-7H,8H2,1H3. The van der Waals surface area contributed by atoms with Crippen LogP contribution in [0.4, 0.5) is 4.39 Å². The van der Waals surface area contributed by atoms with Crippen LogP contribution in [0.5, 0.6) is 5.75 Å². The molecule has 2 aromatic carbocycles. The number of rotatable bonds is 4. The van der Waals surface area contributed by atoms with Crippen LogP contribution in [0.1, 0.15) is 15.9 Å². The van der Waals surface area contributed by atoms with Crippen LogP contribution in [-0.4, -0.2) is 13.1 Å². The van der Waals surface area contributed by atoms with Gasteiger partial charge in [-0.2, -0.15) is 0 Å². The summed E-state index contributed by atoms with van der Waals surface area (Å²) in [5.74, 6) is -0.667. The molecular weight excluding hydrogens is 318 g/mol. The van der Waals surface area contributed by atoms with Crippen molar-refractivity contribution in [2.45, 2.75) is 6.61 Å². The Kier molecular flexibility index (Phi) is 5.04. The molecule has 0 aliphatic carbocycles. The fourth-order valence-corrected chi connectivity index (χ4v) is 2.31. The van der Waals surface area contributed by atoms with E-state index in [4.69, 9.17) is 27.9 Å². The van der Waals surface area contributed by atoms with Gasteiger partial charge in [-0.15, -0.1) is 0 Å². The van der Waals surface area contributed by atoms with E-state index in [1.165, 1.54) is 31.4 Å². The molecule has 6 heteroatoms. The smallest absolute Gasteiger partial charge is 0.337 e. The number of ether oxygens (including phenoxy) is 2. The van der Waals surface area contributed by atoms with Crippen molar-refractivity contribution >= 4 is 29.2 Å². The van der Waals surface area contributed by atoms with E-state index in [1.807, 2.05) is 0 Å². The summed E-state index contributed by atoms with van der Waals surface area (Å²) in [5, 5.41) is 0.360. The molecule has 0 N–H and O–H groups in total. The van der Waals surface area contributed by atoms with Gasteiger partial charge >= 0.3 is 5.97 Å². The first-order valence-electron chi connectivity index (χ1n) is 5.96. The molecule has 0 fully saturated rings. The highest BCUT2D eigenvalue weighted by atomic mass is 35.5. The second-order valence-electron chi connectivity index (χ2n) is 4.18. The van der Waals surface area contributed by atoms with Crippen LogP contribution in [0.2, 0.25) is 10.0 Å². The van der Waals surface area contributed by atoms with E-state index in [-0.39, 0.29) is 33.8 Å². The quantitative estimate of drug-likeness (QED) is 0.775. The Morgan fingerprint density at radius 2 is 1.86 bits per heavy atom. The first kappa shape index (κ1) is 15.6. The predicted octanol–water partition coefficient (Wildman–Crippen LogP) is 4.50. The maximum Gasteiger partial charge on any atom is 0.337 e. The summed E-state index contributed by atoms with van der Waals surface area (Å²) >= 11 is 12.1. The summed E-state index contributed by atoms with van der Waals surface area (Å²) < 4.78 is 23.2. The Bertz CT molecular complexity index is 651. The van der Waals surface area contributed by atoms with Crippen molar-refractivity contribution < 1.29 is 18.7 Å². The molecule has 0 saturated carbocycles. The van der Waals surface area contributed by atoms with E-state index in [1.54, 1.807) is 12.1 Å². The molecule has 0 radical (unpaired) electrons. The number of carbonyl (C=O) groups excluding carboxylic acids is 1. The third-order valence-corrected chi connectivity index (χ3v) is 3.25. The highest BCUT2D eigenvalue weighted by Gasteiger charge is 2.14. The summed E-state index contributed by atoms with van der Waals surface area (Å²) in [6, 6.07) is 8.80. The average molecular weight is 329 g/mol. The second-order valence-corrected chi connectivity index (χ2v) is 4.99. The fraction of sp³-hybridized carbons (Fsp3) is 0.133. The van der Waals surface area contributed by atoms with Crippen LogP contribution in [0, 0.1) is 5.82 Å². The minimum Gasteiger partial charge on any atom is -0.486 e. The summed E-state index contributed by atoms with van der Waals surface area (Å²) in [5.41, 5.74) is 0.866. The summed E-state index contributed by atoms with van der Waals surface area (Å²) in [4.78, 5) is 11.4. The number of methoxy groups -OCH3 is 1. The predicted molar refractivity (Wildman–Crippen MR) is 78.5 cm³/mol. The van der Waals surface area contributed by atoms with Gasteiger partial charge < -0.3 is 9.47 Å². The average Bonchev–Trinajstić information content (AvgIpc) is 2.45. The minimum atomic E-state index is -0.546. The van der Waals surface area contributed by atoms with Gasteiger partial charge in [-0.3, -0.25) is 0 Å². The molecule has 110 valence electrons. The summed E-state index contributed by atoms with van der Waals surface area (Å²) in [7, 11) is 1.26. The number of hydrogen-bond acceptors (Lipinski definition) is 3. The second kappa shape index (κ2) is 6.78. The van der Waals surface area contributed by atoms with E-state index < -0.39 is 5.97 Å². The van der Waals surface area contributed by atoms with Crippen molar-refractivity contribution in [3.05, 3.63) is 63.4 Å². The van der Waals surface area contributed by atoms with Gasteiger partial charge in [0, 0.05) is 0 Å². The third-order valence-electron chi connectivity index (χ3n) is 2.69. The van der Waals surface area contributed by atoms with Gasteiger partial charge in [-0.05, 0) is 29.8 Å². The molecule has 0 bridgehead atoms. The van der Waals surface area contributed by atoms with Crippen molar-refractivity contribution in [2.75, 3.05) is 7.11 Å². The molecule has 3 nitrogen and oxygen atoms in total. The summed E-state index contributed by atoms with van der Waals surface area (Å²) in [6.07, 6.45) is 0. The molecule has 0 spiro atoms. The molecule has 21 heavy (non-hydrogen) atoms. The van der Waals surface area contributed by atoms with Crippen LogP contribution in [0.15, 0.2) is 36.4 Å². The Balaban J connectivity index is 2.19. The molecular formula is C15H11Cl2FO3. The van der Waals surface area contributed by atoms with Gasteiger partial charge in [0.05, 0.1) is 22.7 Å². The van der Waals surface area contributed by atoms with Gasteiger partial charge in [0.2, 0.25) is 0 Å². The SMILES string of the molecule is COC(=O)c1cc(Cl)c(OCc2cccc(F)c2)c(Cl)c1. The molecule has 0 aliphatic rings. The highest BCUT2D eigenvalue weighted by molar-refractivity contribution is 6.37. The summed E-state index contributed by atoms with van der Waals surface area (Å²) in [6.45, 7) is 0.106. The zero-order valence-corrected chi connectivity index (χ0v) is 12.5. The lowest BCUT2D eigenvalue weighted by molar-refractivity contribution is 0.0600. The normalized spacial score (nSPS) is 10.3. The molecule has 0 aromatic heterocycles. The maximum absolute atomic E-state index is 13.1. The molecule has 0 atom stereocenters.